The van der Waals surface area contributed by atoms with Gasteiger partial charge in [0, 0.05) is 17.8 Å². The second kappa shape index (κ2) is 6.67. The number of sulfonamides is 1. The van der Waals surface area contributed by atoms with Crippen LogP contribution in [0.5, 0.6) is 0 Å². The lowest BCUT2D eigenvalue weighted by molar-refractivity contribution is 0.254. The van der Waals surface area contributed by atoms with Gasteiger partial charge in [-0.15, -0.1) is 0 Å². The molecule has 116 valence electrons. The minimum Gasteiger partial charge on any atom is -0.341 e. The van der Waals surface area contributed by atoms with Gasteiger partial charge < -0.3 is 10.6 Å². The normalized spacial score (nSPS) is 10.8. The highest BCUT2D eigenvalue weighted by Gasteiger charge is 2.14. The third kappa shape index (κ3) is 4.12. The monoisotopic (exact) mass is 339 g/mol. The molecule has 0 saturated heterocycles. The van der Waals surface area contributed by atoms with Crippen LogP contribution in [0.2, 0.25) is 5.02 Å². The van der Waals surface area contributed by atoms with Gasteiger partial charge in [0.05, 0.1) is 10.6 Å². The molecule has 6 nitrogen and oxygen atoms in total. The minimum absolute atomic E-state index is 0.0987. The summed E-state index contributed by atoms with van der Waals surface area (Å²) in [6.07, 6.45) is 0. The van der Waals surface area contributed by atoms with Crippen molar-refractivity contribution < 1.29 is 13.2 Å². The molecular formula is C14H14ClN3O3S. The van der Waals surface area contributed by atoms with Gasteiger partial charge in [0.15, 0.2) is 0 Å². The first kappa shape index (κ1) is 16.1. The second-order valence-electron chi connectivity index (χ2n) is 4.34. The smallest absolute Gasteiger partial charge is 0.318 e. The van der Waals surface area contributed by atoms with Gasteiger partial charge in [0.25, 0.3) is 10.0 Å². The quantitative estimate of drug-likeness (QED) is 0.800. The van der Waals surface area contributed by atoms with Crippen molar-refractivity contribution >= 4 is 39.0 Å². The standard InChI is InChI=1S/C14H14ClN3O3S/c1-16-14(19)17-11-3-2-4-12(9-11)18-22(20,21)13-7-5-10(15)6-8-13/h2-9,18H,1H3,(H2,16,17,19). The third-order valence-electron chi connectivity index (χ3n) is 2.72. The Bertz CT molecular complexity index is 776. The van der Waals surface area contributed by atoms with E-state index in [4.69, 9.17) is 11.6 Å². The highest BCUT2D eigenvalue weighted by molar-refractivity contribution is 7.92. The molecule has 0 aliphatic heterocycles. The summed E-state index contributed by atoms with van der Waals surface area (Å²) in [5.74, 6) is 0. The van der Waals surface area contributed by atoms with Crippen LogP contribution in [0.4, 0.5) is 16.2 Å². The van der Waals surface area contributed by atoms with Crippen molar-refractivity contribution in [3.63, 3.8) is 0 Å². The van der Waals surface area contributed by atoms with E-state index in [2.05, 4.69) is 15.4 Å². The summed E-state index contributed by atoms with van der Waals surface area (Å²) in [6.45, 7) is 0. The van der Waals surface area contributed by atoms with Crippen LogP contribution >= 0.6 is 11.6 Å². The maximum absolute atomic E-state index is 12.2. The summed E-state index contributed by atoms with van der Waals surface area (Å²) in [6, 6.07) is 11.8. The Balaban J connectivity index is 2.21. The molecule has 2 aromatic carbocycles. The van der Waals surface area contributed by atoms with E-state index in [9.17, 15) is 13.2 Å². The molecule has 22 heavy (non-hydrogen) atoms. The van der Waals surface area contributed by atoms with Gasteiger partial charge in [-0.3, -0.25) is 4.72 Å². The predicted octanol–water partition coefficient (Wildman–Crippen LogP) is 2.89. The number of halogens is 1. The lowest BCUT2D eigenvalue weighted by Crippen LogP contribution is -2.24. The van der Waals surface area contributed by atoms with Gasteiger partial charge in [-0.2, -0.15) is 0 Å². The summed E-state index contributed by atoms with van der Waals surface area (Å²) < 4.78 is 26.9. The van der Waals surface area contributed by atoms with Gasteiger partial charge in [-0.1, -0.05) is 17.7 Å². The molecule has 0 fully saturated rings. The van der Waals surface area contributed by atoms with Crippen LogP contribution in [-0.2, 0) is 10.0 Å². The van der Waals surface area contributed by atoms with Crippen molar-refractivity contribution in [3.05, 3.63) is 53.6 Å². The van der Waals surface area contributed by atoms with Crippen LogP contribution in [0.25, 0.3) is 0 Å². The summed E-state index contributed by atoms with van der Waals surface area (Å²) >= 11 is 5.74. The van der Waals surface area contributed by atoms with Gasteiger partial charge in [-0.25, -0.2) is 13.2 Å². The third-order valence-corrected chi connectivity index (χ3v) is 4.37. The highest BCUT2D eigenvalue weighted by Crippen LogP contribution is 2.20. The van der Waals surface area contributed by atoms with Crippen molar-refractivity contribution in [3.8, 4) is 0 Å². The number of carbonyl (C=O) groups excluding carboxylic acids is 1. The van der Waals surface area contributed by atoms with Crippen molar-refractivity contribution in [2.75, 3.05) is 17.1 Å². The molecule has 2 aromatic rings. The van der Waals surface area contributed by atoms with Gasteiger partial charge in [0.2, 0.25) is 0 Å². The molecule has 0 radical (unpaired) electrons. The molecule has 0 saturated carbocycles. The van der Waals surface area contributed by atoms with E-state index in [1.165, 1.54) is 37.4 Å². The average molecular weight is 340 g/mol. The Kier molecular flexibility index (Phi) is 4.89. The van der Waals surface area contributed by atoms with Crippen LogP contribution in [0.15, 0.2) is 53.4 Å². The van der Waals surface area contributed by atoms with Crippen molar-refractivity contribution in [2.24, 2.45) is 0 Å². The van der Waals surface area contributed by atoms with E-state index in [-0.39, 0.29) is 4.90 Å². The first-order chi connectivity index (χ1) is 10.4. The Labute approximate surface area is 133 Å². The summed E-state index contributed by atoms with van der Waals surface area (Å²) in [4.78, 5) is 11.4. The number of hydrogen-bond donors (Lipinski definition) is 3. The molecule has 0 heterocycles. The van der Waals surface area contributed by atoms with Crippen LogP contribution in [0.3, 0.4) is 0 Å². The number of amides is 2. The fourth-order valence-electron chi connectivity index (χ4n) is 1.68. The van der Waals surface area contributed by atoms with Crippen molar-refractivity contribution in [2.45, 2.75) is 4.90 Å². The molecular weight excluding hydrogens is 326 g/mol. The minimum atomic E-state index is -3.72. The van der Waals surface area contributed by atoms with Crippen molar-refractivity contribution in [1.29, 1.82) is 0 Å². The molecule has 2 rings (SSSR count). The molecule has 0 atom stereocenters. The lowest BCUT2D eigenvalue weighted by atomic mass is 10.3. The van der Waals surface area contributed by atoms with E-state index < -0.39 is 16.1 Å². The molecule has 8 heteroatoms. The fourth-order valence-corrected chi connectivity index (χ4v) is 2.86. The highest BCUT2D eigenvalue weighted by atomic mass is 35.5. The molecule has 2 amide bonds. The molecule has 0 aromatic heterocycles. The lowest BCUT2D eigenvalue weighted by Gasteiger charge is -2.10. The van der Waals surface area contributed by atoms with E-state index in [0.717, 1.165) is 0 Å². The summed E-state index contributed by atoms with van der Waals surface area (Å²) in [5.41, 5.74) is 0.805. The number of urea groups is 1. The Hall–Kier alpha value is -2.25. The first-order valence-electron chi connectivity index (χ1n) is 6.28. The second-order valence-corrected chi connectivity index (χ2v) is 6.46. The van der Waals surface area contributed by atoms with E-state index in [1.807, 2.05) is 0 Å². The number of carbonyl (C=O) groups is 1. The maximum atomic E-state index is 12.2. The summed E-state index contributed by atoms with van der Waals surface area (Å²) in [5, 5.41) is 5.43. The number of benzene rings is 2. The number of rotatable bonds is 4. The largest absolute Gasteiger partial charge is 0.341 e. The number of anilines is 2. The number of nitrogens with one attached hydrogen (secondary N) is 3. The van der Waals surface area contributed by atoms with E-state index in [0.29, 0.717) is 16.4 Å². The zero-order valence-corrected chi connectivity index (χ0v) is 13.2. The van der Waals surface area contributed by atoms with Crippen LogP contribution in [0, 0.1) is 0 Å². The zero-order chi connectivity index (χ0) is 16.2. The Morgan fingerprint density at radius 1 is 1.05 bits per heavy atom. The van der Waals surface area contributed by atoms with Gasteiger partial charge in [-0.05, 0) is 42.5 Å². The van der Waals surface area contributed by atoms with Gasteiger partial charge >= 0.3 is 6.03 Å². The molecule has 0 bridgehead atoms. The SMILES string of the molecule is CNC(=O)Nc1cccc(NS(=O)(=O)c2ccc(Cl)cc2)c1. The fraction of sp³-hybridized carbons (Fsp3) is 0.0714. The zero-order valence-electron chi connectivity index (χ0n) is 11.6. The Morgan fingerprint density at radius 3 is 2.32 bits per heavy atom. The van der Waals surface area contributed by atoms with E-state index >= 15 is 0 Å². The van der Waals surface area contributed by atoms with Crippen LogP contribution in [-0.4, -0.2) is 21.5 Å². The topological polar surface area (TPSA) is 87.3 Å². The molecule has 3 N–H and O–H groups in total. The maximum Gasteiger partial charge on any atom is 0.318 e. The number of hydrogen-bond acceptors (Lipinski definition) is 3. The molecule has 0 unspecified atom stereocenters. The van der Waals surface area contributed by atoms with Crippen LogP contribution in [0.1, 0.15) is 0 Å². The van der Waals surface area contributed by atoms with Crippen LogP contribution < -0.4 is 15.4 Å². The summed E-state index contributed by atoms with van der Waals surface area (Å²) in [7, 11) is -2.23. The molecule has 0 aliphatic carbocycles. The first-order valence-corrected chi connectivity index (χ1v) is 8.14. The van der Waals surface area contributed by atoms with Crippen molar-refractivity contribution in [1.82, 2.24) is 5.32 Å². The van der Waals surface area contributed by atoms with E-state index in [1.54, 1.807) is 18.2 Å². The molecule has 0 spiro atoms. The average Bonchev–Trinajstić information content (AvgIpc) is 2.47. The Morgan fingerprint density at radius 2 is 1.68 bits per heavy atom. The molecule has 0 aliphatic rings. The van der Waals surface area contributed by atoms with Gasteiger partial charge in [0.1, 0.15) is 0 Å². The predicted molar refractivity (Wildman–Crippen MR) is 86.8 cm³/mol.